The van der Waals surface area contributed by atoms with Gasteiger partial charge in [0.25, 0.3) is 0 Å². The van der Waals surface area contributed by atoms with Gasteiger partial charge >= 0.3 is 12.1 Å². The van der Waals surface area contributed by atoms with Crippen LogP contribution in [0.5, 0.6) is 0 Å². The molecule has 2 N–H and O–H groups in total. The summed E-state index contributed by atoms with van der Waals surface area (Å²) in [6.07, 6.45) is -5.08. The van der Waals surface area contributed by atoms with Gasteiger partial charge in [-0.25, -0.2) is 9.18 Å². The first-order chi connectivity index (χ1) is 7.77. The third-order valence-corrected chi connectivity index (χ3v) is 2.10. The van der Waals surface area contributed by atoms with Crippen molar-refractivity contribution in [1.29, 1.82) is 0 Å². The standard InChI is InChI=1S/C7H15FN2.C2HF3O2/c1-7-6-10(4-2-8)5-3-9-7;3-2(4,5)1(6)7/h7,9H,2-6H2,1H3;(H,6,7). The molecule has 1 aliphatic heterocycles. The van der Waals surface area contributed by atoms with Crippen molar-refractivity contribution in [3.63, 3.8) is 0 Å². The molecule has 4 nitrogen and oxygen atoms in total. The lowest BCUT2D eigenvalue weighted by Gasteiger charge is -2.30. The van der Waals surface area contributed by atoms with Gasteiger partial charge in [0.05, 0.1) is 0 Å². The van der Waals surface area contributed by atoms with Crippen molar-refractivity contribution in [1.82, 2.24) is 10.2 Å². The van der Waals surface area contributed by atoms with Crippen LogP contribution in [0.15, 0.2) is 0 Å². The molecule has 8 heteroatoms. The molecule has 1 heterocycles. The normalized spacial score (nSPS) is 21.6. The van der Waals surface area contributed by atoms with E-state index in [4.69, 9.17) is 9.90 Å². The van der Waals surface area contributed by atoms with Gasteiger partial charge in [-0.1, -0.05) is 0 Å². The summed E-state index contributed by atoms with van der Waals surface area (Å²) in [6, 6.07) is 0.528. The second-order valence-corrected chi connectivity index (χ2v) is 3.65. The van der Waals surface area contributed by atoms with Crippen LogP contribution in [0.4, 0.5) is 17.6 Å². The Morgan fingerprint density at radius 2 is 2.06 bits per heavy atom. The fourth-order valence-corrected chi connectivity index (χ4v) is 1.33. The molecule has 17 heavy (non-hydrogen) atoms. The molecule has 0 aliphatic carbocycles. The van der Waals surface area contributed by atoms with E-state index in [1.807, 2.05) is 0 Å². The molecular formula is C9H16F4N2O2. The molecule has 0 amide bonds. The minimum absolute atomic E-state index is 0.216. The Bertz CT molecular complexity index is 234. The Hall–Kier alpha value is -0.890. The largest absolute Gasteiger partial charge is 0.490 e. The summed E-state index contributed by atoms with van der Waals surface area (Å²) in [5.41, 5.74) is 0. The number of hydrogen-bond donors (Lipinski definition) is 2. The maximum absolute atomic E-state index is 11.8. The quantitative estimate of drug-likeness (QED) is 0.724. The molecule has 0 radical (unpaired) electrons. The van der Waals surface area contributed by atoms with Crippen molar-refractivity contribution < 1.29 is 27.5 Å². The third kappa shape index (κ3) is 7.92. The number of halogens is 4. The van der Waals surface area contributed by atoms with Crippen molar-refractivity contribution in [3.8, 4) is 0 Å². The smallest absolute Gasteiger partial charge is 0.475 e. The summed E-state index contributed by atoms with van der Waals surface area (Å²) >= 11 is 0. The van der Waals surface area contributed by atoms with Gasteiger partial charge in [0.1, 0.15) is 6.67 Å². The summed E-state index contributed by atoms with van der Waals surface area (Å²) in [5, 5.41) is 10.4. The monoisotopic (exact) mass is 260 g/mol. The molecule has 0 aromatic carbocycles. The predicted octanol–water partition coefficient (Wildman–Crippen LogP) is 0.883. The molecule has 0 bridgehead atoms. The molecule has 102 valence electrons. The first-order valence-corrected chi connectivity index (χ1v) is 5.09. The summed E-state index contributed by atoms with van der Waals surface area (Å²) in [6.45, 7) is 5.50. The second kappa shape index (κ2) is 7.44. The van der Waals surface area contributed by atoms with Crippen LogP contribution in [-0.4, -0.2) is 61.0 Å². The molecule has 0 aromatic heterocycles. The topological polar surface area (TPSA) is 52.6 Å². The number of carboxylic acid groups (broad SMARTS) is 1. The van der Waals surface area contributed by atoms with E-state index >= 15 is 0 Å². The van der Waals surface area contributed by atoms with Crippen molar-refractivity contribution in [3.05, 3.63) is 0 Å². The van der Waals surface area contributed by atoms with Crippen LogP contribution in [0, 0.1) is 0 Å². The van der Waals surface area contributed by atoms with E-state index in [9.17, 15) is 17.6 Å². The molecule has 0 aromatic rings. The SMILES string of the molecule is CC1CN(CCF)CCN1.O=C(O)C(F)(F)F. The number of alkyl halides is 4. The predicted molar refractivity (Wildman–Crippen MR) is 53.6 cm³/mol. The minimum Gasteiger partial charge on any atom is -0.475 e. The lowest BCUT2D eigenvalue weighted by molar-refractivity contribution is -0.192. The average Bonchev–Trinajstić information content (AvgIpc) is 2.17. The van der Waals surface area contributed by atoms with Gasteiger partial charge < -0.3 is 10.4 Å². The van der Waals surface area contributed by atoms with Gasteiger partial charge in [-0.2, -0.15) is 13.2 Å². The first kappa shape index (κ1) is 16.1. The number of rotatable bonds is 2. The second-order valence-electron chi connectivity index (χ2n) is 3.65. The van der Waals surface area contributed by atoms with E-state index in [0.717, 1.165) is 19.6 Å². The van der Waals surface area contributed by atoms with Crippen molar-refractivity contribution in [2.24, 2.45) is 0 Å². The fraction of sp³-hybridized carbons (Fsp3) is 0.889. The lowest BCUT2D eigenvalue weighted by Crippen LogP contribution is -2.49. The van der Waals surface area contributed by atoms with Gasteiger partial charge in [0.2, 0.25) is 0 Å². The van der Waals surface area contributed by atoms with Crippen LogP contribution in [0.25, 0.3) is 0 Å². The van der Waals surface area contributed by atoms with Crippen LogP contribution >= 0.6 is 0 Å². The van der Waals surface area contributed by atoms with Crippen LogP contribution in [0.3, 0.4) is 0 Å². The first-order valence-electron chi connectivity index (χ1n) is 5.09. The fourth-order valence-electron chi connectivity index (χ4n) is 1.33. The number of hydrogen-bond acceptors (Lipinski definition) is 3. The molecule has 1 unspecified atom stereocenters. The summed E-state index contributed by atoms with van der Waals surface area (Å²) in [5.74, 6) is -2.76. The number of carbonyl (C=O) groups is 1. The van der Waals surface area contributed by atoms with E-state index in [1.54, 1.807) is 0 Å². The maximum atomic E-state index is 11.8. The Labute approximate surface area is 96.6 Å². The molecule has 0 saturated carbocycles. The minimum atomic E-state index is -5.08. The van der Waals surface area contributed by atoms with E-state index in [1.165, 1.54) is 0 Å². The zero-order valence-corrected chi connectivity index (χ0v) is 9.43. The van der Waals surface area contributed by atoms with E-state index < -0.39 is 12.1 Å². The Balaban J connectivity index is 0.000000325. The summed E-state index contributed by atoms with van der Waals surface area (Å²) < 4.78 is 43.6. The zero-order chi connectivity index (χ0) is 13.5. The molecule has 1 fully saturated rings. The molecule has 1 saturated heterocycles. The summed E-state index contributed by atoms with van der Waals surface area (Å²) in [7, 11) is 0. The molecule has 1 atom stereocenters. The number of aliphatic carboxylic acids is 1. The number of nitrogens with zero attached hydrogens (tertiary/aromatic N) is 1. The highest BCUT2D eigenvalue weighted by Crippen LogP contribution is 2.13. The van der Waals surface area contributed by atoms with Crippen molar-refractivity contribution >= 4 is 5.97 Å². The molecule has 1 rings (SSSR count). The molecule has 1 aliphatic rings. The average molecular weight is 260 g/mol. The van der Waals surface area contributed by atoms with E-state index in [2.05, 4.69) is 17.1 Å². The highest BCUT2D eigenvalue weighted by molar-refractivity contribution is 5.73. The lowest BCUT2D eigenvalue weighted by atomic mass is 10.2. The number of carboxylic acids is 1. The van der Waals surface area contributed by atoms with Gasteiger partial charge in [0, 0.05) is 32.2 Å². The summed E-state index contributed by atoms with van der Waals surface area (Å²) in [4.78, 5) is 11.0. The maximum Gasteiger partial charge on any atom is 0.490 e. The van der Waals surface area contributed by atoms with Gasteiger partial charge in [-0.05, 0) is 6.92 Å². The van der Waals surface area contributed by atoms with Crippen molar-refractivity contribution in [2.75, 3.05) is 32.9 Å². The highest BCUT2D eigenvalue weighted by atomic mass is 19.4. The van der Waals surface area contributed by atoms with Crippen LogP contribution < -0.4 is 5.32 Å². The highest BCUT2D eigenvalue weighted by Gasteiger charge is 2.38. The van der Waals surface area contributed by atoms with E-state index in [0.29, 0.717) is 12.6 Å². The number of nitrogens with one attached hydrogen (secondary N) is 1. The number of piperazine rings is 1. The van der Waals surface area contributed by atoms with Crippen LogP contribution in [0.2, 0.25) is 0 Å². The van der Waals surface area contributed by atoms with Gasteiger partial charge in [-0.3, -0.25) is 4.90 Å². The van der Waals surface area contributed by atoms with Crippen LogP contribution in [-0.2, 0) is 4.79 Å². The Kier molecular flexibility index (Phi) is 7.05. The van der Waals surface area contributed by atoms with Crippen molar-refractivity contribution in [2.45, 2.75) is 19.1 Å². The third-order valence-electron chi connectivity index (χ3n) is 2.10. The van der Waals surface area contributed by atoms with E-state index in [-0.39, 0.29) is 6.67 Å². The molecule has 0 spiro atoms. The van der Waals surface area contributed by atoms with Gasteiger partial charge in [-0.15, -0.1) is 0 Å². The van der Waals surface area contributed by atoms with Crippen LogP contribution in [0.1, 0.15) is 6.92 Å². The van der Waals surface area contributed by atoms with Gasteiger partial charge in [0.15, 0.2) is 0 Å². The Morgan fingerprint density at radius 3 is 2.41 bits per heavy atom. The zero-order valence-electron chi connectivity index (χ0n) is 9.43. The molecular weight excluding hydrogens is 244 g/mol. The Morgan fingerprint density at radius 1 is 1.53 bits per heavy atom.